The van der Waals surface area contributed by atoms with Gasteiger partial charge in [0.25, 0.3) is 5.91 Å². The van der Waals surface area contributed by atoms with E-state index in [0.717, 1.165) is 29.9 Å². The number of carbonyl (C=O) groups is 2. The zero-order valence-corrected chi connectivity index (χ0v) is 22.3. The summed E-state index contributed by atoms with van der Waals surface area (Å²) in [4.78, 5) is 30.4. The molecule has 200 valence electrons. The number of carbonyl (C=O) groups excluding carboxylic acids is 2. The molecule has 37 heavy (non-hydrogen) atoms. The molecule has 0 spiro atoms. The number of allylic oxidation sites excluding steroid dienone is 4. The second-order valence-corrected chi connectivity index (χ2v) is 9.28. The summed E-state index contributed by atoms with van der Waals surface area (Å²) in [5.74, 6) is 2.77. The number of benzene rings is 1. The van der Waals surface area contributed by atoms with Crippen molar-refractivity contribution in [1.29, 1.82) is 0 Å². The van der Waals surface area contributed by atoms with E-state index in [1.54, 1.807) is 31.3 Å². The van der Waals surface area contributed by atoms with Crippen molar-refractivity contribution in [3.05, 3.63) is 52.5 Å². The minimum atomic E-state index is -0.130. The number of hydrogen-bond acceptors (Lipinski definition) is 7. The Bertz CT molecular complexity index is 1100. The van der Waals surface area contributed by atoms with Crippen LogP contribution >= 0.6 is 0 Å². The molecule has 0 N–H and O–H groups in total. The fraction of sp³-hybridized carbons (Fsp3) is 0.500. The molecule has 0 saturated carbocycles. The average molecular weight is 513 g/mol. The van der Waals surface area contributed by atoms with E-state index in [-0.39, 0.29) is 17.7 Å². The lowest BCUT2D eigenvalue weighted by Crippen LogP contribution is -2.52. The number of rotatable bonds is 7. The van der Waals surface area contributed by atoms with Gasteiger partial charge < -0.3 is 33.5 Å². The Kier molecular flexibility index (Phi) is 8.31. The van der Waals surface area contributed by atoms with Crippen molar-refractivity contribution in [3.8, 4) is 17.2 Å². The Morgan fingerprint density at radius 3 is 2.03 bits per heavy atom. The Balaban J connectivity index is 1.41. The summed E-state index contributed by atoms with van der Waals surface area (Å²) >= 11 is 0. The first-order valence-electron chi connectivity index (χ1n) is 12.5. The molecule has 9 heteroatoms. The third kappa shape index (κ3) is 5.40. The molecule has 1 aromatic rings. The highest BCUT2D eigenvalue weighted by atomic mass is 16.5. The Morgan fingerprint density at radius 1 is 0.811 bits per heavy atom. The fourth-order valence-corrected chi connectivity index (χ4v) is 5.26. The smallest absolute Gasteiger partial charge is 0.254 e. The molecular formula is C28H36N2O7. The number of hydrogen-bond donors (Lipinski definition) is 0. The first-order chi connectivity index (χ1) is 17.9. The third-order valence-corrected chi connectivity index (χ3v) is 7.32. The normalized spacial score (nSPS) is 19.8. The van der Waals surface area contributed by atoms with Gasteiger partial charge in [0.15, 0.2) is 17.3 Å². The summed E-state index contributed by atoms with van der Waals surface area (Å²) in [6.45, 7) is 1.94. The molecule has 1 aliphatic heterocycles. The summed E-state index contributed by atoms with van der Waals surface area (Å²) in [5.41, 5.74) is 2.82. The fourth-order valence-electron chi connectivity index (χ4n) is 5.26. The van der Waals surface area contributed by atoms with Crippen LogP contribution in [0.25, 0.3) is 0 Å². The van der Waals surface area contributed by atoms with Crippen LogP contribution in [0.2, 0.25) is 0 Å². The van der Waals surface area contributed by atoms with Gasteiger partial charge in [-0.05, 0) is 48.6 Å². The highest BCUT2D eigenvalue weighted by Crippen LogP contribution is 2.39. The van der Waals surface area contributed by atoms with Crippen molar-refractivity contribution in [2.45, 2.75) is 25.7 Å². The lowest BCUT2D eigenvalue weighted by Gasteiger charge is -2.36. The van der Waals surface area contributed by atoms with Crippen LogP contribution in [0.4, 0.5) is 0 Å². The zero-order valence-electron chi connectivity index (χ0n) is 22.3. The summed E-state index contributed by atoms with van der Waals surface area (Å²) in [6.07, 6.45) is 7.25. The quantitative estimate of drug-likeness (QED) is 0.552. The first kappa shape index (κ1) is 26.4. The van der Waals surface area contributed by atoms with Crippen molar-refractivity contribution in [2.75, 3.05) is 61.7 Å². The molecule has 2 amide bonds. The minimum Gasteiger partial charge on any atom is -0.497 e. The van der Waals surface area contributed by atoms with Crippen molar-refractivity contribution < 1.29 is 33.3 Å². The Morgan fingerprint density at radius 2 is 1.46 bits per heavy atom. The van der Waals surface area contributed by atoms with Crippen molar-refractivity contribution >= 4 is 11.8 Å². The molecule has 2 aliphatic carbocycles. The molecule has 0 radical (unpaired) electrons. The lowest BCUT2D eigenvalue weighted by atomic mass is 9.89. The molecule has 9 nitrogen and oxygen atoms in total. The summed E-state index contributed by atoms with van der Waals surface area (Å²) in [5, 5.41) is 0. The first-order valence-corrected chi connectivity index (χ1v) is 12.5. The van der Waals surface area contributed by atoms with Crippen molar-refractivity contribution in [1.82, 2.24) is 9.80 Å². The van der Waals surface area contributed by atoms with E-state index in [4.69, 9.17) is 23.7 Å². The van der Waals surface area contributed by atoms with E-state index in [1.165, 1.54) is 26.9 Å². The number of nitrogens with zero attached hydrogens (tertiary/aromatic N) is 2. The number of piperazine rings is 1. The van der Waals surface area contributed by atoms with E-state index >= 15 is 0 Å². The predicted molar refractivity (Wildman–Crippen MR) is 138 cm³/mol. The molecule has 1 unspecified atom stereocenters. The topological polar surface area (TPSA) is 86.8 Å². The van der Waals surface area contributed by atoms with Crippen molar-refractivity contribution in [2.24, 2.45) is 5.92 Å². The third-order valence-electron chi connectivity index (χ3n) is 7.32. The highest BCUT2D eigenvalue weighted by Gasteiger charge is 2.32. The van der Waals surface area contributed by atoms with Crippen LogP contribution in [-0.2, 0) is 14.3 Å². The second-order valence-electron chi connectivity index (χ2n) is 9.28. The van der Waals surface area contributed by atoms with Gasteiger partial charge in [-0.2, -0.15) is 0 Å². The van der Waals surface area contributed by atoms with Crippen molar-refractivity contribution in [3.63, 3.8) is 0 Å². The van der Waals surface area contributed by atoms with E-state index < -0.39 is 0 Å². The summed E-state index contributed by atoms with van der Waals surface area (Å²) in [7, 11) is 7.86. The average Bonchev–Trinajstić information content (AvgIpc) is 3.16. The molecule has 1 atom stereocenters. The minimum absolute atomic E-state index is 0.0976. The lowest BCUT2D eigenvalue weighted by molar-refractivity contribution is -0.137. The van der Waals surface area contributed by atoms with Crippen LogP contribution in [0.3, 0.4) is 0 Å². The molecule has 0 bridgehead atoms. The van der Waals surface area contributed by atoms with Gasteiger partial charge >= 0.3 is 0 Å². The van der Waals surface area contributed by atoms with E-state index in [9.17, 15) is 9.59 Å². The van der Waals surface area contributed by atoms with Gasteiger partial charge in [-0.15, -0.1) is 0 Å². The molecule has 3 aliphatic rings. The Labute approximate surface area is 218 Å². The SMILES string of the molecule is COC1=C(OC)CC2=CCCC(C(=O)N3CCN(C(=O)c4cc(OC)c(OC)c(OC)c4)CC3)CC2=C1. The maximum absolute atomic E-state index is 13.5. The largest absolute Gasteiger partial charge is 0.497 e. The van der Waals surface area contributed by atoms with Gasteiger partial charge in [-0.1, -0.05) is 6.08 Å². The summed E-state index contributed by atoms with van der Waals surface area (Å²) in [6, 6.07) is 3.32. The molecule has 4 rings (SSSR count). The van der Waals surface area contributed by atoms with Crippen LogP contribution in [0.15, 0.2) is 46.9 Å². The van der Waals surface area contributed by atoms with E-state index in [0.29, 0.717) is 61.8 Å². The monoisotopic (exact) mass is 512 g/mol. The van der Waals surface area contributed by atoms with E-state index in [2.05, 4.69) is 6.08 Å². The summed E-state index contributed by atoms with van der Waals surface area (Å²) < 4.78 is 27.1. The predicted octanol–water partition coefficient (Wildman–Crippen LogP) is 3.56. The van der Waals surface area contributed by atoms with Gasteiger partial charge in [-0.25, -0.2) is 0 Å². The van der Waals surface area contributed by atoms with Crippen LogP contribution in [0.5, 0.6) is 17.2 Å². The van der Waals surface area contributed by atoms with Crippen LogP contribution in [0.1, 0.15) is 36.0 Å². The zero-order chi connectivity index (χ0) is 26.5. The highest BCUT2D eigenvalue weighted by molar-refractivity contribution is 5.96. The molecule has 1 heterocycles. The van der Waals surface area contributed by atoms with Gasteiger partial charge in [0.2, 0.25) is 11.7 Å². The number of methoxy groups -OCH3 is 5. The molecular weight excluding hydrogens is 476 g/mol. The van der Waals surface area contributed by atoms with E-state index in [1.807, 2.05) is 11.0 Å². The van der Waals surface area contributed by atoms with Gasteiger partial charge in [0, 0.05) is 44.1 Å². The van der Waals surface area contributed by atoms with Gasteiger partial charge in [0.1, 0.15) is 5.76 Å². The maximum atomic E-state index is 13.5. The van der Waals surface area contributed by atoms with Gasteiger partial charge in [0.05, 0.1) is 35.5 Å². The van der Waals surface area contributed by atoms with Gasteiger partial charge in [-0.3, -0.25) is 9.59 Å². The molecule has 1 aromatic carbocycles. The second kappa shape index (κ2) is 11.6. The molecule has 0 aromatic heterocycles. The van der Waals surface area contributed by atoms with Crippen LogP contribution < -0.4 is 14.2 Å². The number of ether oxygens (including phenoxy) is 5. The maximum Gasteiger partial charge on any atom is 0.254 e. The van der Waals surface area contributed by atoms with Crippen LogP contribution in [0, 0.1) is 5.92 Å². The van der Waals surface area contributed by atoms with Crippen LogP contribution in [-0.4, -0.2) is 83.3 Å². The number of fused-ring (bicyclic) bond motifs is 1. The number of amides is 2. The Hall–Kier alpha value is -3.62. The molecule has 1 fully saturated rings. The standard InChI is InChI=1S/C28H36N2O7/c1-33-22-14-18-7-6-8-19(13-20(18)15-23(22)34-2)27(31)29-9-11-30(12-10-29)28(32)21-16-24(35-3)26(37-5)25(17-21)36-4/h7,15-17,19H,6,8-14H2,1-5H3. The molecule has 1 saturated heterocycles.